The molecule has 2 heteroatoms. The third-order valence-electron chi connectivity index (χ3n) is 1.46. The Morgan fingerprint density at radius 2 is 2.10 bits per heavy atom. The zero-order valence-corrected chi connectivity index (χ0v) is 6.26. The highest BCUT2D eigenvalue weighted by Gasteiger charge is 1.97. The first-order chi connectivity index (χ1) is 4.86. The summed E-state index contributed by atoms with van der Waals surface area (Å²) in [6.45, 7) is 2.74. The summed E-state index contributed by atoms with van der Waals surface area (Å²) in [5.74, 6) is 2.04. The van der Waals surface area contributed by atoms with Crippen molar-refractivity contribution in [2.75, 3.05) is 6.54 Å². The van der Waals surface area contributed by atoms with Crippen molar-refractivity contribution >= 4 is 0 Å². The molecule has 0 aromatic carbocycles. The Hall–Kier alpha value is -0.760. The second kappa shape index (κ2) is 3.42. The summed E-state index contributed by atoms with van der Waals surface area (Å²) < 4.78 is 5.39. The molecule has 0 atom stereocenters. The lowest BCUT2D eigenvalue weighted by Gasteiger charge is -1.90. The van der Waals surface area contributed by atoms with Crippen molar-refractivity contribution in [2.24, 2.45) is 5.73 Å². The minimum Gasteiger partial charge on any atom is -0.466 e. The first-order valence-corrected chi connectivity index (χ1v) is 3.64. The monoisotopic (exact) mass is 139 g/mol. The van der Waals surface area contributed by atoms with Gasteiger partial charge in [-0.05, 0) is 18.7 Å². The van der Waals surface area contributed by atoms with Gasteiger partial charge >= 0.3 is 0 Å². The number of hydrogen-bond acceptors (Lipinski definition) is 2. The Bertz CT molecular complexity index is 193. The lowest BCUT2D eigenvalue weighted by atomic mass is 10.3. The fourth-order valence-corrected chi connectivity index (χ4v) is 0.889. The van der Waals surface area contributed by atoms with Crippen molar-refractivity contribution in [3.05, 3.63) is 23.7 Å². The van der Waals surface area contributed by atoms with E-state index >= 15 is 0 Å². The van der Waals surface area contributed by atoms with Crippen molar-refractivity contribution < 1.29 is 4.42 Å². The van der Waals surface area contributed by atoms with Crippen molar-refractivity contribution in [2.45, 2.75) is 19.8 Å². The second-order valence-corrected chi connectivity index (χ2v) is 2.26. The van der Waals surface area contributed by atoms with E-state index in [4.69, 9.17) is 10.2 Å². The van der Waals surface area contributed by atoms with Crippen LogP contribution in [0.2, 0.25) is 0 Å². The van der Waals surface area contributed by atoms with Crippen LogP contribution in [0, 0.1) is 0 Å². The van der Waals surface area contributed by atoms with Crippen LogP contribution in [-0.4, -0.2) is 6.54 Å². The molecule has 0 bridgehead atoms. The van der Waals surface area contributed by atoms with E-state index in [1.54, 1.807) is 0 Å². The van der Waals surface area contributed by atoms with Crippen LogP contribution in [0.1, 0.15) is 18.4 Å². The SMILES string of the molecule is CCc1ccc(CCN)o1. The van der Waals surface area contributed by atoms with E-state index in [2.05, 4.69) is 6.92 Å². The smallest absolute Gasteiger partial charge is 0.105 e. The largest absolute Gasteiger partial charge is 0.466 e. The Morgan fingerprint density at radius 3 is 2.60 bits per heavy atom. The van der Waals surface area contributed by atoms with Gasteiger partial charge in [-0.2, -0.15) is 0 Å². The molecular formula is C8H13NO. The number of nitrogens with two attached hydrogens (primary N) is 1. The molecule has 2 nitrogen and oxygen atoms in total. The summed E-state index contributed by atoms with van der Waals surface area (Å²) in [6.07, 6.45) is 1.81. The molecule has 0 amide bonds. The number of aryl methyl sites for hydroxylation is 1. The van der Waals surface area contributed by atoms with E-state index in [0.29, 0.717) is 6.54 Å². The van der Waals surface area contributed by atoms with Crippen molar-refractivity contribution in [1.29, 1.82) is 0 Å². The lowest BCUT2D eigenvalue weighted by molar-refractivity contribution is 0.470. The molecule has 0 aliphatic carbocycles. The van der Waals surface area contributed by atoms with Crippen LogP contribution in [0.25, 0.3) is 0 Å². The third-order valence-corrected chi connectivity index (χ3v) is 1.46. The summed E-state index contributed by atoms with van der Waals surface area (Å²) in [4.78, 5) is 0. The molecule has 0 saturated heterocycles. The van der Waals surface area contributed by atoms with Gasteiger partial charge in [-0.25, -0.2) is 0 Å². The van der Waals surface area contributed by atoms with Crippen molar-refractivity contribution in [3.63, 3.8) is 0 Å². The van der Waals surface area contributed by atoms with Crippen LogP contribution in [0.4, 0.5) is 0 Å². The Morgan fingerprint density at radius 1 is 1.40 bits per heavy atom. The standard InChI is InChI=1S/C8H13NO/c1-2-7-3-4-8(10-7)5-6-9/h3-4H,2,5-6,9H2,1H3. The molecule has 1 aromatic rings. The Labute approximate surface area is 61.0 Å². The summed E-state index contributed by atoms with van der Waals surface area (Å²) >= 11 is 0. The maximum absolute atomic E-state index is 5.39. The van der Waals surface area contributed by atoms with Gasteiger partial charge in [0.1, 0.15) is 11.5 Å². The predicted octanol–water partition coefficient (Wildman–Crippen LogP) is 1.34. The number of rotatable bonds is 3. The fourth-order valence-electron chi connectivity index (χ4n) is 0.889. The van der Waals surface area contributed by atoms with Crippen molar-refractivity contribution in [1.82, 2.24) is 0 Å². The molecule has 1 heterocycles. The normalized spacial score (nSPS) is 10.2. The zero-order chi connectivity index (χ0) is 7.40. The number of furan rings is 1. The van der Waals surface area contributed by atoms with Gasteiger partial charge in [0, 0.05) is 12.8 Å². The van der Waals surface area contributed by atoms with E-state index in [1.165, 1.54) is 0 Å². The minimum atomic E-state index is 0.663. The Kier molecular flexibility index (Phi) is 2.51. The molecule has 56 valence electrons. The zero-order valence-electron chi connectivity index (χ0n) is 6.26. The molecule has 1 rings (SSSR count). The van der Waals surface area contributed by atoms with Crippen LogP contribution in [-0.2, 0) is 12.8 Å². The van der Waals surface area contributed by atoms with E-state index in [1.807, 2.05) is 12.1 Å². The van der Waals surface area contributed by atoms with Gasteiger partial charge in [-0.15, -0.1) is 0 Å². The van der Waals surface area contributed by atoms with Crippen molar-refractivity contribution in [3.8, 4) is 0 Å². The highest BCUT2D eigenvalue weighted by molar-refractivity contribution is 5.07. The number of hydrogen-bond donors (Lipinski definition) is 1. The minimum absolute atomic E-state index is 0.663. The van der Waals surface area contributed by atoms with E-state index in [-0.39, 0.29) is 0 Å². The van der Waals surface area contributed by atoms with Gasteiger partial charge in [0.15, 0.2) is 0 Å². The summed E-state index contributed by atoms with van der Waals surface area (Å²) in [5, 5.41) is 0. The van der Waals surface area contributed by atoms with Gasteiger partial charge in [0.2, 0.25) is 0 Å². The molecule has 10 heavy (non-hydrogen) atoms. The quantitative estimate of drug-likeness (QED) is 0.686. The molecular weight excluding hydrogens is 126 g/mol. The Balaban J connectivity index is 2.59. The first-order valence-electron chi connectivity index (χ1n) is 3.64. The van der Waals surface area contributed by atoms with Gasteiger partial charge < -0.3 is 10.2 Å². The first kappa shape index (κ1) is 7.35. The molecule has 1 aromatic heterocycles. The molecule has 0 saturated carbocycles. The van der Waals surface area contributed by atoms with Crippen LogP contribution in [0.3, 0.4) is 0 Å². The van der Waals surface area contributed by atoms with Crippen LogP contribution >= 0.6 is 0 Å². The van der Waals surface area contributed by atoms with Gasteiger partial charge in [0.25, 0.3) is 0 Å². The molecule has 0 aliphatic rings. The average molecular weight is 139 g/mol. The summed E-state index contributed by atoms with van der Waals surface area (Å²) in [6, 6.07) is 4.00. The molecule has 2 N–H and O–H groups in total. The molecule has 0 fully saturated rings. The molecule has 0 spiro atoms. The highest BCUT2D eigenvalue weighted by Crippen LogP contribution is 2.07. The maximum atomic E-state index is 5.39. The molecule has 0 aliphatic heterocycles. The third kappa shape index (κ3) is 1.61. The molecule has 0 unspecified atom stereocenters. The van der Waals surface area contributed by atoms with Crippen LogP contribution in [0.5, 0.6) is 0 Å². The predicted molar refractivity (Wildman–Crippen MR) is 40.8 cm³/mol. The topological polar surface area (TPSA) is 39.2 Å². The van der Waals surface area contributed by atoms with E-state index in [9.17, 15) is 0 Å². The maximum Gasteiger partial charge on any atom is 0.105 e. The van der Waals surface area contributed by atoms with Gasteiger partial charge in [-0.1, -0.05) is 6.92 Å². The fraction of sp³-hybridized carbons (Fsp3) is 0.500. The second-order valence-electron chi connectivity index (χ2n) is 2.26. The van der Waals surface area contributed by atoms with Gasteiger partial charge in [-0.3, -0.25) is 0 Å². The lowest BCUT2D eigenvalue weighted by Crippen LogP contribution is -2.01. The average Bonchev–Trinajstić information content (AvgIpc) is 2.37. The molecule has 0 radical (unpaired) electrons. The summed E-state index contributed by atoms with van der Waals surface area (Å²) in [5.41, 5.74) is 5.35. The van der Waals surface area contributed by atoms with Crippen LogP contribution < -0.4 is 5.73 Å². The van der Waals surface area contributed by atoms with E-state index in [0.717, 1.165) is 24.4 Å². The highest BCUT2D eigenvalue weighted by atomic mass is 16.3. The summed E-state index contributed by atoms with van der Waals surface area (Å²) in [7, 11) is 0. The van der Waals surface area contributed by atoms with Gasteiger partial charge in [0.05, 0.1) is 0 Å². The van der Waals surface area contributed by atoms with Crippen LogP contribution in [0.15, 0.2) is 16.5 Å². The van der Waals surface area contributed by atoms with E-state index < -0.39 is 0 Å².